The van der Waals surface area contributed by atoms with Crippen LogP contribution in [0.4, 0.5) is 9.59 Å². The monoisotopic (exact) mass is 1830 g/mol. The zero-order valence-corrected chi connectivity index (χ0v) is 78.8. The number of Topliss-reactive ketones (excluding diaryl/α,β-unsaturated/α-hetero) is 3. The smallest absolute Gasteiger partial charge is 0.412 e. The lowest BCUT2D eigenvalue weighted by Gasteiger charge is -2.25. The highest BCUT2D eigenvalue weighted by Crippen LogP contribution is 2.51. The Morgan fingerprint density at radius 3 is 1.23 bits per heavy atom. The van der Waals surface area contributed by atoms with Crippen LogP contribution in [0.15, 0.2) is 168 Å². The number of aldehydes is 1. The van der Waals surface area contributed by atoms with Crippen molar-refractivity contribution in [1.29, 1.82) is 0 Å². The normalized spacial score (nSPS) is 14.2. The number of benzene rings is 3. The van der Waals surface area contributed by atoms with Crippen LogP contribution in [-0.4, -0.2) is 149 Å². The number of aliphatic hydroxyl groups is 2. The molecular formula is C93H129N12O24P. The molecule has 6 amide bonds. The van der Waals surface area contributed by atoms with Crippen LogP contribution in [0.25, 0.3) is 24.3 Å². The second-order valence-corrected chi connectivity index (χ2v) is 38.6. The van der Waals surface area contributed by atoms with E-state index in [1.807, 2.05) is 195 Å². The Bertz CT molecular complexity index is 5230. The zero-order valence-electron chi connectivity index (χ0n) is 77.9. The molecule has 0 saturated carbocycles. The number of carbonyl (C=O) groups excluding carboxylic acids is 10. The van der Waals surface area contributed by atoms with Crippen molar-refractivity contribution >= 4 is 97.3 Å². The molecule has 36 nitrogen and oxygen atoms in total. The second kappa shape index (κ2) is 50.1. The molecule has 0 spiro atoms. The van der Waals surface area contributed by atoms with Crippen molar-refractivity contribution in [3.05, 3.63) is 220 Å². The summed E-state index contributed by atoms with van der Waals surface area (Å²) in [6.07, 6.45) is 12.1. The van der Waals surface area contributed by atoms with E-state index in [2.05, 4.69) is 55.2 Å². The second-order valence-electron chi connectivity index (χ2n) is 36.2. The van der Waals surface area contributed by atoms with Gasteiger partial charge < -0.3 is 89.1 Å². The number of aliphatic carboxylic acids is 1. The first-order chi connectivity index (χ1) is 59.5. The lowest BCUT2D eigenvalue weighted by molar-refractivity contribution is -0.135. The minimum absolute atomic E-state index is 0. The Balaban J connectivity index is 0.000000523. The van der Waals surface area contributed by atoms with Gasteiger partial charge in [-0.1, -0.05) is 202 Å². The fourth-order valence-corrected chi connectivity index (χ4v) is 12.4. The van der Waals surface area contributed by atoms with E-state index in [1.54, 1.807) is 47.6 Å². The van der Waals surface area contributed by atoms with Crippen LogP contribution in [0.1, 0.15) is 252 Å². The summed E-state index contributed by atoms with van der Waals surface area (Å²) in [6.45, 7) is 42.1. The number of alkyl carbamates (subject to hydrolysis) is 2. The third-order valence-electron chi connectivity index (χ3n) is 17.2. The Morgan fingerprint density at radius 2 is 0.877 bits per heavy atom. The van der Waals surface area contributed by atoms with Gasteiger partial charge in [-0.2, -0.15) is 0 Å². The van der Waals surface area contributed by atoms with Crippen LogP contribution in [0.5, 0.6) is 0 Å². The Morgan fingerprint density at radius 1 is 0.515 bits per heavy atom. The molecule has 0 bridgehead atoms. The van der Waals surface area contributed by atoms with E-state index in [0.29, 0.717) is 82.8 Å². The first kappa shape index (κ1) is 113. The minimum Gasteiger partial charge on any atom is -0.504 e. The first-order valence-electron chi connectivity index (χ1n) is 40.5. The van der Waals surface area contributed by atoms with Crippen molar-refractivity contribution in [3.8, 4) is 0 Å². The molecule has 3 aromatic carbocycles. The summed E-state index contributed by atoms with van der Waals surface area (Å²) in [4.78, 5) is 147. The van der Waals surface area contributed by atoms with Crippen molar-refractivity contribution < 1.29 is 113 Å². The number of hydrogen-bond donors (Lipinski definition) is 10. The third kappa shape index (κ3) is 39.3. The van der Waals surface area contributed by atoms with Gasteiger partial charge in [0, 0.05) is 79.1 Å². The molecular weight excluding hydrogens is 1700 g/mol. The number of hydrogen-bond acceptors (Lipinski definition) is 29. The Hall–Kier alpha value is -13.1. The summed E-state index contributed by atoms with van der Waals surface area (Å²) in [6, 6.07) is 27.3. The average molecular weight is 1830 g/mol. The quantitative estimate of drug-likeness (QED) is 0.0116. The summed E-state index contributed by atoms with van der Waals surface area (Å²) >= 11 is 0. The van der Waals surface area contributed by atoms with Crippen LogP contribution in [-0.2, 0) is 108 Å². The number of carboxylic acids is 1. The Kier molecular flexibility index (Phi) is 43.5. The van der Waals surface area contributed by atoms with Gasteiger partial charge >= 0.3 is 25.8 Å². The topological polar surface area (TPSA) is 559 Å². The fraction of sp³-hybridized carbons (Fsp3) is 0.441. The third-order valence-corrected chi connectivity index (χ3v) is 19.4. The van der Waals surface area contributed by atoms with Gasteiger partial charge in [-0.05, 0) is 90.2 Å². The number of oxazole rings is 5. The summed E-state index contributed by atoms with van der Waals surface area (Å²) in [5.41, 5.74) is 18.6. The SMILES string of the molecule is C.CC(=O)/C(=C/c1ncoc1C(C)(C)C)NC(=O)OC(C)(C)C.CC(C)(C)c1ocnc1/C=C(\O)C(=O)C[C@@H](Cc1ccccc1)C(N)=O.CC(C)(C)c1ocnc1/C=C(\O)C(=O)O.CC(C)(C)c1ocnc1/C=C1\NC(=O)[C@H](Cc2ccccc2)NC1=O.CC(C)(C)c1ocnc1C=O.COP(=O)(OC)C(NC(=O)OC(C)(C)C)C(C)=O.NC(=O)[C@@H](N)Cc1ccccc1. The maximum absolute atomic E-state index is 12.4. The standard InChI is InChI=1S/C20H24N2O4.C19H21N3O3.C16H24N2O4.C10H20NO6P.C10H13NO4.C9H12N2O.C8H11NO2.CH4/c1-20(2,3)18-15(22-12-26-18)11-17(24)16(23)10-14(19(21)25)9-13-7-5-4-6-8-13;1-19(2,3)16-13(20-11-25-16)10-15-18(24)21-14(17(23)22-15)9-12-7-5-4-6-8-12;1-10(19)11(18-14(20)22-16(5,6)7)8-12-13(15(2,3)4)21-9-17-12;1-7(12)8(18(14,15-5)16-6)11-9(13)17-10(2,3)4;1-10(2,3)8-6(11-5-15-8)4-7(12)9(13)14;10-8(9(11)12)6-7-4-2-1-3-5-7;1-8(2,3)7-6(4-10)9-5-11-7;/h4-8,11-12,14,24H,9-10H2,1-3H3,(H2,21,25);4-8,10-11,14H,9H2,1-3H3,(H,21,24)(H,22,23);8-9H,1-7H3,(H,18,20);8H,1-6H3,(H,11,13);4-5,12H,1-3H3,(H,13,14);1-5,8H,6,10H2,(H2,11,12);4-5H,1-3H3;1H4/b17-11-;15-10-;11-8-;;7-4-;;;/t2*14-;;;;8-;;/m10...0../s1. The minimum atomic E-state index is -3.73. The van der Waals surface area contributed by atoms with E-state index in [1.165, 1.54) is 58.0 Å². The summed E-state index contributed by atoms with van der Waals surface area (Å²) < 4.78 is 57.9. The molecule has 1 aliphatic heterocycles. The number of ketones is 3. The number of aliphatic hydroxyl groups excluding tert-OH is 2. The summed E-state index contributed by atoms with van der Waals surface area (Å²) in [5.74, 6) is -4.67. The molecule has 710 valence electrons. The molecule has 1 fully saturated rings. The number of nitrogens with one attached hydrogen (secondary N) is 4. The number of allylic oxidation sites excluding steroid dienone is 2. The van der Waals surface area contributed by atoms with Gasteiger partial charge in [0.15, 0.2) is 67.1 Å². The number of aromatic nitrogens is 5. The lowest BCUT2D eigenvalue weighted by atomic mass is 9.91. The summed E-state index contributed by atoms with van der Waals surface area (Å²) in [7, 11) is -1.46. The van der Waals surface area contributed by atoms with Gasteiger partial charge in [-0.3, -0.25) is 48.2 Å². The molecule has 8 aromatic rings. The summed E-state index contributed by atoms with van der Waals surface area (Å²) in [5, 5.41) is 37.8. The molecule has 1 saturated heterocycles. The van der Waals surface area contributed by atoms with Crippen molar-refractivity contribution in [2.24, 2.45) is 23.1 Å². The maximum Gasteiger partial charge on any atom is 0.412 e. The van der Waals surface area contributed by atoms with Crippen molar-refractivity contribution in [1.82, 2.24) is 46.2 Å². The number of primary amides is 2. The molecule has 6 heterocycles. The number of carboxylic acid groups (broad SMARTS) is 1. The van der Waals surface area contributed by atoms with Crippen LogP contribution < -0.4 is 38.5 Å². The molecule has 130 heavy (non-hydrogen) atoms. The number of piperazine rings is 1. The largest absolute Gasteiger partial charge is 0.504 e. The van der Waals surface area contributed by atoms with E-state index in [-0.39, 0.29) is 69.9 Å². The van der Waals surface area contributed by atoms with Crippen LogP contribution in [0, 0.1) is 5.92 Å². The molecule has 13 N–H and O–H groups in total. The lowest BCUT2D eigenvalue weighted by Crippen LogP contribution is -2.55. The number of nitrogens with zero attached hydrogens (tertiary/aromatic N) is 5. The van der Waals surface area contributed by atoms with E-state index in [4.69, 9.17) is 59.0 Å². The number of rotatable bonds is 24. The molecule has 0 radical (unpaired) electrons. The van der Waals surface area contributed by atoms with Crippen molar-refractivity contribution in [2.45, 2.75) is 248 Å². The molecule has 4 atom stereocenters. The predicted octanol–water partition coefficient (Wildman–Crippen LogP) is 15.1. The van der Waals surface area contributed by atoms with E-state index in [0.717, 1.165) is 37.0 Å². The number of ether oxygens (including phenoxy) is 2. The van der Waals surface area contributed by atoms with Gasteiger partial charge in [0.25, 0.3) is 5.91 Å². The van der Waals surface area contributed by atoms with Gasteiger partial charge in [0.1, 0.15) is 80.2 Å². The highest BCUT2D eigenvalue weighted by molar-refractivity contribution is 7.55. The first-order valence-corrected chi connectivity index (χ1v) is 42.1. The van der Waals surface area contributed by atoms with Gasteiger partial charge in [0.05, 0.1) is 11.7 Å². The average Bonchev–Trinajstić information content (AvgIpc) is 1.73. The van der Waals surface area contributed by atoms with E-state index < -0.39 is 95.6 Å². The predicted molar refractivity (Wildman–Crippen MR) is 488 cm³/mol. The van der Waals surface area contributed by atoms with Gasteiger partial charge in [-0.15, -0.1) is 0 Å². The fourth-order valence-electron chi connectivity index (χ4n) is 11.1. The Labute approximate surface area is 758 Å². The van der Waals surface area contributed by atoms with Gasteiger partial charge in [0.2, 0.25) is 23.5 Å². The van der Waals surface area contributed by atoms with Crippen LogP contribution in [0.2, 0.25) is 0 Å². The molecule has 1 unspecified atom stereocenters. The van der Waals surface area contributed by atoms with E-state index in [9.17, 15) is 62.4 Å². The molecule has 9 rings (SSSR count). The molecule has 5 aromatic heterocycles. The molecule has 37 heteroatoms. The van der Waals surface area contributed by atoms with Crippen LogP contribution >= 0.6 is 7.60 Å². The van der Waals surface area contributed by atoms with Crippen molar-refractivity contribution in [3.63, 3.8) is 0 Å². The highest BCUT2D eigenvalue weighted by atomic mass is 31.2. The van der Waals surface area contributed by atoms with Crippen molar-refractivity contribution in [2.75, 3.05) is 14.2 Å². The number of carbonyl (C=O) groups is 11. The zero-order chi connectivity index (χ0) is 98.1. The van der Waals surface area contributed by atoms with E-state index >= 15 is 0 Å². The number of amides is 6. The maximum atomic E-state index is 12.4. The van der Waals surface area contributed by atoms with Crippen LogP contribution in [0.3, 0.4) is 0 Å². The number of nitrogens with two attached hydrogens (primary N) is 3. The van der Waals surface area contributed by atoms with Gasteiger partial charge in [-0.25, -0.2) is 39.3 Å². The highest BCUT2D eigenvalue weighted by Gasteiger charge is 2.41. The molecule has 0 aliphatic carbocycles. The molecule has 1 aliphatic rings.